The van der Waals surface area contributed by atoms with Gasteiger partial charge in [-0.3, -0.25) is 4.57 Å². The van der Waals surface area contributed by atoms with Crippen LogP contribution in [0.2, 0.25) is 0 Å². The van der Waals surface area contributed by atoms with Gasteiger partial charge in [0.1, 0.15) is 6.33 Å². The Morgan fingerprint density at radius 3 is 2.94 bits per heavy atom. The molecule has 0 N–H and O–H groups in total. The van der Waals surface area contributed by atoms with Crippen LogP contribution in [0.5, 0.6) is 0 Å². The summed E-state index contributed by atoms with van der Waals surface area (Å²) in [6, 6.07) is 1.61. The molecule has 3 rings (SSSR count). The normalized spacial score (nSPS) is 14.6. The van der Waals surface area contributed by atoms with E-state index >= 15 is 0 Å². The van der Waals surface area contributed by atoms with E-state index < -0.39 is 0 Å². The first-order chi connectivity index (χ1) is 8.81. The minimum Gasteiger partial charge on any atom is -0.285 e. The van der Waals surface area contributed by atoms with Crippen molar-refractivity contribution in [2.24, 2.45) is 0 Å². The van der Waals surface area contributed by atoms with Crippen LogP contribution in [0.1, 0.15) is 29.8 Å². The van der Waals surface area contributed by atoms with Crippen LogP contribution in [0.3, 0.4) is 0 Å². The summed E-state index contributed by atoms with van der Waals surface area (Å²) in [6.45, 7) is 0. The molecule has 0 aliphatic heterocycles. The van der Waals surface area contributed by atoms with E-state index in [1.54, 1.807) is 23.2 Å². The molecule has 18 heavy (non-hydrogen) atoms. The fraction of sp³-hybridized carbons (Fsp3) is 0.385. The minimum absolute atomic E-state index is 0.151. The summed E-state index contributed by atoms with van der Waals surface area (Å²) < 4.78 is 16.0. The number of hydrogen-bond acceptors (Lipinski definition) is 2. The number of fused-ring (bicyclic) bond motifs is 1. The van der Waals surface area contributed by atoms with Crippen LogP contribution in [-0.2, 0) is 18.7 Å². The van der Waals surface area contributed by atoms with Gasteiger partial charge in [0.25, 0.3) is 0 Å². The maximum absolute atomic E-state index is 14.2. The number of hydrogen-bond donors (Lipinski definition) is 0. The minimum atomic E-state index is -0.349. The Morgan fingerprint density at radius 2 is 2.11 bits per heavy atom. The molecule has 0 saturated heterocycles. The standard InChI is InChI=1S/C13H13ClFN3/c14-7-9-5-6-16-13(12(9)15)18-8-17-10-3-1-2-4-11(10)18/h5-6,8H,1-4,7H2. The van der Waals surface area contributed by atoms with Gasteiger partial charge in [0, 0.05) is 17.5 Å². The second kappa shape index (κ2) is 4.69. The Morgan fingerprint density at radius 1 is 1.28 bits per heavy atom. The van der Waals surface area contributed by atoms with Gasteiger partial charge in [-0.25, -0.2) is 14.4 Å². The first kappa shape index (κ1) is 11.7. The van der Waals surface area contributed by atoms with Crippen molar-refractivity contribution in [3.8, 4) is 5.82 Å². The van der Waals surface area contributed by atoms with Crippen molar-refractivity contribution in [1.82, 2.24) is 14.5 Å². The van der Waals surface area contributed by atoms with Crippen LogP contribution in [0.15, 0.2) is 18.6 Å². The number of nitrogens with zero attached hydrogens (tertiary/aromatic N) is 3. The zero-order valence-corrected chi connectivity index (χ0v) is 10.6. The van der Waals surface area contributed by atoms with Crippen molar-refractivity contribution in [1.29, 1.82) is 0 Å². The molecule has 5 heteroatoms. The van der Waals surface area contributed by atoms with Crippen molar-refractivity contribution in [3.05, 3.63) is 41.4 Å². The number of imidazole rings is 1. The first-order valence-corrected chi connectivity index (χ1v) is 6.59. The zero-order valence-electron chi connectivity index (χ0n) is 9.87. The molecule has 2 aromatic heterocycles. The summed E-state index contributed by atoms with van der Waals surface area (Å²) in [5, 5.41) is 0. The molecule has 3 nitrogen and oxygen atoms in total. The Bertz CT molecular complexity index is 580. The lowest BCUT2D eigenvalue weighted by Gasteiger charge is -2.14. The van der Waals surface area contributed by atoms with Gasteiger partial charge in [-0.1, -0.05) is 0 Å². The van der Waals surface area contributed by atoms with Crippen LogP contribution in [0.25, 0.3) is 5.82 Å². The van der Waals surface area contributed by atoms with Crippen LogP contribution >= 0.6 is 11.6 Å². The average Bonchev–Trinajstić information content (AvgIpc) is 2.83. The van der Waals surface area contributed by atoms with E-state index in [0.29, 0.717) is 11.4 Å². The number of aromatic nitrogens is 3. The second-order valence-electron chi connectivity index (χ2n) is 4.46. The number of halogens is 2. The van der Waals surface area contributed by atoms with Crippen molar-refractivity contribution >= 4 is 11.6 Å². The third-order valence-electron chi connectivity index (χ3n) is 3.35. The lowest BCUT2D eigenvalue weighted by Crippen LogP contribution is -2.10. The van der Waals surface area contributed by atoms with Gasteiger partial charge in [0.15, 0.2) is 11.6 Å². The topological polar surface area (TPSA) is 30.7 Å². The maximum atomic E-state index is 14.2. The number of rotatable bonds is 2. The summed E-state index contributed by atoms with van der Waals surface area (Å²) in [5.41, 5.74) is 2.62. The molecule has 0 unspecified atom stereocenters. The SMILES string of the molecule is Fc1c(CCl)ccnc1-n1cnc2c1CCCC2. The molecule has 0 spiro atoms. The molecule has 0 aromatic carbocycles. The predicted octanol–water partition coefficient (Wildman–Crippen LogP) is 3.02. The molecular formula is C13H13ClFN3. The van der Waals surface area contributed by atoms with Crippen molar-refractivity contribution in [2.75, 3.05) is 0 Å². The lowest BCUT2D eigenvalue weighted by molar-refractivity contribution is 0.590. The van der Waals surface area contributed by atoms with E-state index in [-0.39, 0.29) is 11.7 Å². The molecule has 2 aromatic rings. The van der Waals surface area contributed by atoms with Gasteiger partial charge >= 0.3 is 0 Å². The fourth-order valence-electron chi connectivity index (χ4n) is 2.39. The van der Waals surface area contributed by atoms with Gasteiger partial charge in [-0.05, 0) is 31.7 Å². The van der Waals surface area contributed by atoms with Gasteiger partial charge in [-0.2, -0.15) is 0 Å². The molecule has 1 aliphatic rings. The molecule has 0 fully saturated rings. The second-order valence-corrected chi connectivity index (χ2v) is 4.72. The van der Waals surface area contributed by atoms with Crippen molar-refractivity contribution in [2.45, 2.75) is 31.6 Å². The molecule has 0 bridgehead atoms. The fourth-order valence-corrected chi connectivity index (χ4v) is 2.60. The lowest BCUT2D eigenvalue weighted by atomic mass is 10.0. The van der Waals surface area contributed by atoms with Crippen LogP contribution in [0.4, 0.5) is 4.39 Å². The number of alkyl halides is 1. The van der Waals surface area contributed by atoms with Gasteiger partial charge in [0.2, 0.25) is 0 Å². The zero-order chi connectivity index (χ0) is 12.5. The highest BCUT2D eigenvalue weighted by atomic mass is 35.5. The summed E-state index contributed by atoms with van der Waals surface area (Å²) in [6.07, 6.45) is 7.43. The molecule has 1 aliphatic carbocycles. The summed E-state index contributed by atoms with van der Waals surface area (Å²) in [5.74, 6) is 0.111. The Balaban J connectivity index is 2.13. The van der Waals surface area contributed by atoms with Crippen molar-refractivity contribution in [3.63, 3.8) is 0 Å². The molecule has 0 amide bonds. The highest BCUT2D eigenvalue weighted by Crippen LogP contribution is 2.24. The van der Waals surface area contributed by atoms with Crippen molar-refractivity contribution < 1.29 is 4.39 Å². The Labute approximate surface area is 110 Å². The van der Waals surface area contributed by atoms with Crippen LogP contribution in [0, 0.1) is 5.82 Å². The molecule has 0 atom stereocenters. The van der Waals surface area contributed by atoms with Crippen LogP contribution < -0.4 is 0 Å². The smallest absolute Gasteiger partial charge is 0.174 e. The molecule has 0 radical (unpaired) electrons. The predicted molar refractivity (Wildman–Crippen MR) is 67.5 cm³/mol. The van der Waals surface area contributed by atoms with E-state index in [0.717, 1.165) is 37.1 Å². The van der Waals surface area contributed by atoms with E-state index in [9.17, 15) is 4.39 Å². The van der Waals surface area contributed by atoms with E-state index in [1.807, 2.05) is 0 Å². The first-order valence-electron chi connectivity index (χ1n) is 6.06. The quantitative estimate of drug-likeness (QED) is 0.782. The average molecular weight is 266 g/mol. The molecule has 94 valence electrons. The number of pyridine rings is 1. The molecule has 2 heterocycles. The summed E-state index contributed by atoms with van der Waals surface area (Å²) >= 11 is 5.72. The molecule has 0 saturated carbocycles. The summed E-state index contributed by atoms with van der Waals surface area (Å²) in [7, 11) is 0. The third kappa shape index (κ3) is 1.81. The maximum Gasteiger partial charge on any atom is 0.174 e. The number of aryl methyl sites for hydroxylation is 1. The van der Waals surface area contributed by atoms with E-state index in [2.05, 4.69) is 9.97 Å². The van der Waals surface area contributed by atoms with E-state index in [4.69, 9.17) is 11.6 Å². The highest BCUT2D eigenvalue weighted by Gasteiger charge is 2.19. The summed E-state index contributed by atoms with van der Waals surface area (Å²) in [4.78, 5) is 8.48. The van der Waals surface area contributed by atoms with Gasteiger partial charge in [-0.15, -0.1) is 11.6 Å². The van der Waals surface area contributed by atoms with E-state index in [1.165, 1.54) is 0 Å². The van der Waals surface area contributed by atoms with Gasteiger partial charge < -0.3 is 0 Å². The monoisotopic (exact) mass is 265 g/mol. The third-order valence-corrected chi connectivity index (χ3v) is 3.64. The van der Waals surface area contributed by atoms with Crippen LogP contribution in [-0.4, -0.2) is 14.5 Å². The largest absolute Gasteiger partial charge is 0.285 e. The molecular weight excluding hydrogens is 253 g/mol. The Kier molecular flexibility index (Phi) is 3.04. The highest BCUT2D eigenvalue weighted by molar-refractivity contribution is 6.17. The van der Waals surface area contributed by atoms with Gasteiger partial charge in [0.05, 0.1) is 11.6 Å². The Hall–Kier alpha value is -1.42.